The van der Waals surface area contributed by atoms with Crippen LogP contribution in [0.4, 0.5) is 5.69 Å². The Hall–Kier alpha value is -2.08. The van der Waals surface area contributed by atoms with Crippen LogP contribution in [0.1, 0.15) is 12.8 Å². The van der Waals surface area contributed by atoms with Gasteiger partial charge in [0.25, 0.3) is 0 Å². The van der Waals surface area contributed by atoms with E-state index in [0.717, 1.165) is 5.69 Å². The number of esters is 1. The van der Waals surface area contributed by atoms with Gasteiger partial charge >= 0.3 is 5.97 Å². The number of para-hydroxylation sites is 1. The monoisotopic (exact) mass is 306 g/mol. The molecular formula is C16H22N2O4. The summed E-state index contributed by atoms with van der Waals surface area (Å²) in [6, 6.07) is 9.18. The lowest BCUT2D eigenvalue weighted by molar-refractivity contribution is -0.153. The number of hydrogen-bond acceptors (Lipinski definition) is 5. The number of ether oxygens (including phenoxy) is 1. The minimum atomic E-state index is -0.710. The van der Waals surface area contributed by atoms with Crippen molar-refractivity contribution in [2.24, 2.45) is 0 Å². The van der Waals surface area contributed by atoms with Gasteiger partial charge < -0.3 is 19.6 Å². The van der Waals surface area contributed by atoms with Gasteiger partial charge in [-0.05, 0) is 12.1 Å². The van der Waals surface area contributed by atoms with Crippen molar-refractivity contribution in [3.05, 3.63) is 30.3 Å². The molecule has 1 unspecified atom stereocenters. The molecule has 1 heterocycles. The molecule has 22 heavy (non-hydrogen) atoms. The molecule has 1 saturated heterocycles. The van der Waals surface area contributed by atoms with Gasteiger partial charge in [-0.1, -0.05) is 18.2 Å². The maximum absolute atomic E-state index is 12.3. The molecule has 0 saturated carbocycles. The highest BCUT2D eigenvalue weighted by Crippen LogP contribution is 2.18. The number of anilines is 1. The number of carbonyl (C=O) groups is 2. The molecular weight excluding hydrogens is 284 g/mol. The molecule has 6 nitrogen and oxygen atoms in total. The molecule has 0 aliphatic carbocycles. The highest BCUT2D eigenvalue weighted by molar-refractivity contribution is 5.85. The van der Waals surface area contributed by atoms with Crippen LogP contribution in [0.2, 0.25) is 0 Å². The summed E-state index contributed by atoms with van der Waals surface area (Å²) in [5.41, 5.74) is 1.06. The van der Waals surface area contributed by atoms with Crippen LogP contribution in [0, 0.1) is 0 Å². The SMILES string of the molecule is COC(=O)C(CCO)N1CCN(c2ccccc2)CCC1=O. The molecule has 120 valence electrons. The standard InChI is InChI=1S/C16H22N2O4/c1-22-16(21)14(8-12-19)18-11-10-17(9-7-15(18)20)13-5-3-2-4-6-13/h2-6,14,19H,7-12H2,1H3. The fourth-order valence-electron chi connectivity index (χ4n) is 2.73. The van der Waals surface area contributed by atoms with Gasteiger partial charge in [0.05, 0.1) is 7.11 Å². The lowest BCUT2D eigenvalue weighted by Crippen LogP contribution is -2.47. The van der Waals surface area contributed by atoms with Gasteiger partial charge in [0, 0.05) is 44.8 Å². The van der Waals surface area contributed by atoms with Crippen molar-refractivity contribution in [1.29, 1.82) is 0 Å². The molecule has 0 spiro atoms. The fourth-order valence-corrected chi connectivity index (χ4v) is 2.73. The molecule has 1 aromatic carbocycles. The summed E-state index contributed by atoms with van der Waals surface area (Å²) in [6.45, 7) is 1.54. The first-order chi connectivity index (χ1) is 10.7. The molecule has 1 fully saturated rings. The Bertz CT molecular complexity index is 506. The number of aliphatic hydroxyl groups is 1. The number of nitrogens with zero attached hydrogens (tertiary/aromatic N) is 2. The number of carbonyl (C=O) groups excluding carboxylic acids is 2. The summed E-state index contributed by atoms with van der Waals surface area (Å²) >= 11 is 0. The number of methoxy groups -OCH3 is 1. The molecule has 1 aliphatic rings. The first-order valence-corrected chi connectivity index (χ1v) is 7.45. The Morgan fingerprint density at radius 1 is 1.27 bits per heavy atom. The van der Waals surface area contributed by atoms with Gasteiger partial charge in [0.1, 0.15) is 6.04 Å². The van der Waals surface area contributed by atoms with Crippen LogP contribution in [-0.4, -0.2) is 61.3 Å². The van der Waals surface area contributed by atoms with Crippen molar-refractivity contribution in [2.75, 3.05) is 38.3 Å². The van der Waals surface area contributed by atoms with Crippen molar-refractivity contribution in [3.63, 3.8) is 0 Å². The van der Waals surface area contributed by atoms with E-state index in [2.05, 4.69) is 4.90 Å². The third-order valence-corrected chi connectivity index (χ3v) is 3.90. The topological polar surface area (TPSA) is 70.1 Å². The third-order valence-electron chi connectivity index (χ3n) is 3.90. The Morgan fingerprint density at radius 2 is 2.00 bits per heavy atom. The molecule has 0 bridgehead atoms. The molecule has 2 rings (SSSR count). The van der Waals surface area contributed by atoms with Crippen LogP contribution in [0.5, 0.6) is 0 Å². The predicted octanol–water partition coefficient (Wildman–Crippen LogP) is 0.649. The zero-order valence-electron chi connectivity index (χ0n) is 12.8. The minimum Gasteiger partial charge on any atom is -0.467 e. The number of hydrogen-bond donors (Lipinski definition) is 1. The Balaban J connectivity index is 2.11. The third kappa shape index (κ3) is 3.76. The lowest BCUT2D eigenvalue weighted by atomic mass is 10.1. The van der Waals surface area contributed by atoms with E-state index in [1.54, 1.807) is 0 Å². The van der Waals surface area contributed by atoms with Gasteiger partial charge in [-0.2, -0.15) is 0 Å². The van der Waals surface area contributed by atoms with Gasteiger partial charge in [0.2, 0.25) is 5.91 Å². The van der Waals surface area contributed by atoms with Crippen molar-refractivity contribution >= 4 is 17.6 Å². The van der Waals surface area contributed by atoms with E-state index < -0.39 is 12.0 Å². The number of aliphatic hydroxyl groups excluding tert-OH is 1. The zero-order valence-corrected chi connectivity index (χ0v) is 12.8. The van der Waals surface area contributed by atoms with Crippen LogP contribution >= 0.6 is 0 Å². The molecule has 1 atom stereocenters. The average Bonchev–Trinajstić information content (AvgIpc) is 2.75. The second-order valence-electron chi connectivity index (χ2n) is 5.21. The molecule has 1 aliphatic heterocycles. The normalized spacial score (nSPS) is 17.1. The Morgan fingerprint density at radius 3 is 2.64 bits per heavy atom. The van der Waals surface area contributed by atoms with E-state index in [0.29, 0.717) is 26.1 Å². The van der Waals surface area contributed by atoms with Gasteiger partial charge in [-0.25, -0.2) is 4.79 Å². The van der Waals surface area contributed by atoms with Crippen LogP contribution in [-0.2, 0) is 14.3 Å². The van der Waals surface area contributed by atoms with Gasteiger partial charge in [-0.15, -0.1) is 0 Å². The second-order valence-corrected chi connectivity index (χ2v) is 5.21. The van der Waals surface area contributed by atoms with Gasteiger partial charge in [-0.3, -0.25) is 4.79 Å². The van der Waals surface area contributed by atoms with Crippen LogP contribution in [0.15, 0.2) is 30.3 Å². The zero-order chi connectivity index (χ0) is 15.9. The molecule has 6 heteroatoms. The largest absolute Gasteiger partial charge is 0.467 e. The Kier molecular flexibility index (Phi) is 5.77. The van der Waals surface area contributed by atoms with E-state index in [4.69, 9.17) is 9.84 Å². The van der Waals surface area contributed by atoms with Crippen molar-refractivity contribution in [3.8, 4) is 0 Å². The summed E-state index contributed by atoms with van der Waals surface area (Å²) < 4.78 is 4.76. The van der Waals surface area contributed by atoms with E-state index in [1.165, 1.54) is 12.0 Å². The maximum atomic E-state index is 12.3. The predicted molar refractivity (Wildman–Crippen MR) is 82.5 cm³/mol. The van der Waals surface area contributed by atoms with E-state index in [9.17, 15) is 9.59 Å². The number of amides is 1. The lowest BCUT2D eigenvalue weighted by Gasteiger charge is -2.28. The summed E-state index contributed by atoms with van der Waals surface area (Å²) in [4.78, 5) is 27.9. The molecule has 1 N–H and O–H groups in total. The Labute approximate surface area is 130 Å². The number of benzene rings is 1. The van der Waals surface area contributed by atoms with Crippen molar-refractivity contribution < 1.29 is 19.4 Å². The van der Waals surface area contributed by atoms with Crippen molar-refractivity contribution in [2.45, 2.75) is 18.9 Å². The van der Waals surface area contributed by atoms with E-state index >= 15 is 0 Å². The highest BCUT2D eigenvalue weighted by Gasteiger charge is 2.32. The average molecular weight is 306 g/mol. The molecule has 0 aromatic heterocycles. The second kappa shape index (κ2) is 7.79. The first-order valence-electron chi connectivity index (χ1n) is 7.45. The maximum Gasteiger partial charge on any atom is 0.328 e. The summed E-state index contributed by atoms with van der Waals surface area (Å²) in [5.74, 6) is -0.558. The highest BCUT2D eigenvalue weighted by atomic mass is 16.5. The molecule has 0 radical (unpaired) electrons. The first kappa shape index (κ1) is 16.3. The van der Waals surface area contributed by atoms with Crippen molar-refractivity contribution in [1.82, 2.24) is 4.90 Å². The van der Waals surface area contributed by atoms with E-state index in [-0.39, 0.29) is 18.9 Å². The quantitative estimate of drug-likeness (QED) is 0.809. The summed E-state index contributed by atoms with van der Waals surface area (Å²) in [5, 5.41) is 9.14. The summed E-state index contributed by atoms with van der Waals surface area (Å²) in [7, 11) is 1.30. The molecule has 1 aromatic rings. The van der Waals surface area contributed by atoms with Gasteiger partial charge in [0.15, 0.2) is 0 Å². The molecule has 1 amide bonds. The fraction of sp³-hybridized carbons (Fsp3) is 0.500. The van der Waals surface area contributed by atoms with E-state index in [1.807, 2.05) is 30.3 Å². The smallest absolute Gasteiger partial charge is 0.328 e. The minimum absolute atomic E-state index is 0.0812. The van der Waals surface area contributed by atoms with Crippen LogP contribution < -0.4 is 4.90 Å². The van der Waals surface area contributed by atoms with Crippen LogP contribution in [0.25, 0.3) is 0 Å². The summed E-state index contributed by atoms with van der Waals surface area (Å²) in [6.07, 6.45) is 0.539. The van der Waals surface area contributed by atoms with Crippen LogP contribution in [0.3, 0.4) is 0 Å². The number of rotatable bonds is 5.